The first-order valence-corrected chi connectivity index (χ1v) is 4.91. The zero-order valence-electron chi connectivity index (χ0n) is 9.18. The highest BCUT2D eigenvalue weighted by atomic mass is 15.4. The molecule has 0 radical (unpaired) electrons. The average Bonchev–Trinajstić information content (AvgIpc) is 2.59. The number of nitrogens with zero attached hydrogens (tertiary/aromatic N) is 4. The Kier molecular flexibility index (Phi) is 2.32. The molecule has 80 valence electrons. The van der Waals surface area contributed by atoms with E-state index in [1.165, 1.54) is 5.01 Å². The third kappa shape index (κ3) is 1.55. The van der Waals surface area contributed by atoms with Crippen LogP contribution in [0.25, 0.3) is 11.0 Å². The van der Waals surface area contributed by atoms with E-state index in [0.717, 1.165) is 16.9 Å². The van der Waals surface area contributed by atoms with Gasteiger partial charge >= 0.3 is 0 Å². The number of rotatable bonds is 2. The molecule has 0 saturated heterocycles. The van der Waals surface area contributed by atoms with Gasteiger partial charge in [0.15, 0.2) is 5.82 Å². The normalized spacial score (nSPS) is 11.3. The lowest BCUT2D eigenvalue weighted by Crippen LogP contribution is -2.26. The van der Waals surface area contributed by atoms with Crippen LogP contribution in [0.3, 0.4) is 0 Å². The third-order valence-corrected chi connectivity index (χ3v) is 2.38. The zero-order chi connectivity index (χ0) is 11.0. The molecule has 0 unspecified atom stereocenters. The maximum absolute atomic E-state index is 5.70. The fourth-order valence-corrected chi connectivity index (χ4v) is 1.66. The minimum absolute atomic E-state index is 0.383. The Morgan fingerprint density at radius 1 is 1.40 bits per heavy atom. The van der Waals surface area contributed by atoms with Crippen molar-refractivity contribution in [2.45, 2.75) is 19.9 Å². The Morgan fingerprint density at radius 3 is 2.73 bits per heavy atom. The van der Waals surface area contributed by atoms with Crippen molar-refractivity contribution >= 4 is 16.9 Å². The van der Waals surface area contributed by atoms with Crippen molar-refractivity contribution in [1.29, 1.82) is 0 Å². The summed E-state index contributed by atoms with van der Waals surface area (Å²) in [6.07, 6.45) is 3.55. The lowest BCUT2D eigenvalue weighted by atomic mass is 10.3. The molecule has 5 nitrogen and oxygen atoms in total. The number of aromatic nitrogens is 3. The number of hydrazine groups is 1. The van der Waals surface area contributed by atoms with E-state index < -0.39 is 0 Å². The van der Waals surface area contributed by atoms with Gasteiger partial charge in [0, 0.05) is 19.3 Å². The molecule has 0 amide bonds. The predicted octanol–water partition coefficient (Wildman–Crippen LogP) is 1.32. The van der Waals surface area contributed by atoms with Crippen molar-refractivity contribution in [3.05, 3.63) is 18.6 Å². The summed E-state index contributed by atoms with van der Waals surface area (Å²) in [5, 5.41) is 2.49. The summed E-state index contributed by atoms with van der Waals surface area (Å²) in [6, 6.07) is 2.38. The molecular weight excluding hydrogens is 190 g/mol. The molecule has 5 heteroatoms. The fraction of sp³-hybridized carbons (Fsp3) is 0.400. The van der Waals surface area contributed by atoms with Crippen LogP contribution in [0.2, 0.25) is 0 Å². The van der Waals surface area contributed by atoms with E-state index >= 15 is 0 Å². The summed E-state index contributed by atoms with van der Waals surface area (Å²) in [6.45, 7) is 4.24. The van der Waals surface area contributed by atoms with Gasteiger partial charge in [-0.25, -0.2) is 15.8 Å². The molecule has 0 spiro atoms. The summed E-state index contributed by atoms with van der Waals surface area (Å²) < 4.78 is 2.10. The van der Waals surface area contributed by atoms with Crippen LogP contribution in [-0.4, -0.2) is 21.6 Å². The molecule has 0 aliphatic carbocycles. The van der Waals surface area contributed by atoms with Crippen LogP contribution in [0.4, 0.5) is 5.82 Å². The van der Waals surface area contributed by atoms with Crippen molar-refractivity contribution in [1.82, 2.24) is 14.5 Å². The quantitative estimate of drug-likeness (QED) is 0.593. The van der Waals surface area contributed by atoms with Crippen LogP contribution in [0.15, 0.2) is 18.6 Å². The maximum atomic E-state index is 5.70. The van der Waals surface area contributed by atoms with Crippen molar-refractivity contribution in [3.8, 4) is 0 Å². The van der Waals surface area contributed by atoms with Gasteiger partial charge in [-0.2, -0.15) is 0 Å². The first-order valence-electron chi connectivity index (χ1n) is 4.91. The number of anilines is 1. The molecule has 0 atom stereocenters. The largest absolute Gasteiger partial charge is 0.330 e. The van der Waals surface area contributed by atoms with Crippen LogP contribution in [0.1, 0.15) is 19.9 Å². The van der Waals surface area contributed by atoms with Crippen molar-refractivity contribution in [2.75, 3.05) is 12.1 Å². The highest BCUT2D eigenvalue weighted by Crippen LogP contribution is 2.23. The van der Waals surface area contributed by atoms with Crippen LogP contribution < -0.4 is 10.9 Å². The Bertz CT molecular complexity index is 472. The van der Waals surface area contributed by atoms with E-state index in [-0.39, 0.29) is 0 Å². The van der Waals surface area contributed by atoms with Gasteiger partial charge in [0.1, 0.15) is 12.0 Å². The summed E-state index contributed by atoms with van der Waals surface area (Å²) in [5.41, 5.74) is 0.923. The molecule has 2 rings (SSSR count). The molecule has 0 aromatic carbocycles. The van der Waals surface area contributed by atoms with E-state index in [2.05, 4.69) is 28.4 Å². The van der Waals surface area contributed by atoms with E-state index in [0.29, 0.717) is 6.04 Å². The summed E-state index contributed by atoms with van der Waals surface area (Å²) in [7, 11) is 1.77. The summed E-state index contributed by atoms with van der Waals surface area (Å²) >= 11 is 0. The number of hydrogen-bond acceptors (Lipinski definition) is 4. The highest BCUT2D eigenvalue weighted by Gasteiger charge is 2.10. The van der Waals surface area contributed by atoms with Gasteiger partial charge in [-0.3, -0.25) is 5.01 Å². The van der Waals surface area contributed by atoms with Gasteiger partial charge in [-0.15, -0.1) is 0 Å². The van der Waals surface area contributed by atoms with Gasteiger partial charge in [-0.1, -0.05) is 0 Å². The first kappa shape index (κ1) is 9.92. The molecule has 0 fully saturated rings. The Hall–Kier alpha value is -1.62. The lowest BCUT2D eigenvalue weighted by Gasteiger charge is -2.12. The Labute approximate surface area is 88.5 Å². The number of nitrogens with two attached hydrogens (primary N) is 1. The number of hydrogen-bond donors (Lipinski definition) is 1. The van der Waals surface area contributed by atoms with Gasteiger partial charge in [0.2, 0.25) is 0 Å². The van der Waals surface area contributed by atoms with Gasteiger partial charge in [0.05, 0.1) is 5.39 Å². The van der Waals surface area contributed by atoms with Gasteiger partial charge < -0.3 is 4.57 Å². The second-order valence-corrected chi connectivity index (χ2v) is 3.86. The van der Waals surface area contributed by atoms with Crippen LogP contribution in [0.5, 0.6) is 0 Å². The minimum atomic E-state index is 0.383. The molecule has 2 aromatic heterocycles. The van der Waals surface area contributed by atoms with Crippen molar-refractivity contribution < 1.29 is 0 Å². The van der Waals surface area contributed by atoms with E-state index in [9.17, 15) is 0 Å². The van der Waals surface area contributed by atoms with Crippen molar-refractivity contribution in [2.24, 2.45) is 5.84 Å². The predicted molar refractivity (Wildman–Crippen MR) is 60.5 cm³/mol. The smallest absolute Gasteiger partial charge is 0.155 e. The molecule has 0 saturated carbocycles. The van der Waals surface area contributed by atoms with E-state index in [4.69, 9.17) is 5.84 Å². The maximum Gasteiger partial charge on any atom is 0.155 e. The van der Waals surface area contributed by atoms with E-state index in [1.807, 2.05) is 12.3 Å². The first-order chi connectivity index (χ1) is 7.11. The monoisotopic (exact) mass is 205 g/mol. The zero-order valence-corrected chi connectivity index (χ0v) is 9.18. The summed E-state index contributed by atoms with van der Waals surface area (Å²) in [5.74, 6) is 6.45. The highest BCUT2D eigenvalue weighted by molar-refractivity contribution is 5.87. The van der Waals surface area contributed by atoms with Crippen LogP contribution >= 0.6 is 0 Å². The minimum Gasteiger partial charge on any atom is -0.330 e. The molecule has 0 aliphatic rings. The van der Waals surface area contributed by atoms with Crippen LogP contribution in [0, 0.1) is 0 Å². The fourth-order valence-electron chi connectivity index (χ4n) is 1.66. The molecule has 2 aromatic rings. The van der Waals surface area contributed by atoms with Crippen LogP contribution in [-0.2, 0) is 0 Å². The molecular formula is C10H15N5. The SMILES string of the molecule is CC(C)n1ccc2c(N(C)N)ncnc21. The third-order valence-electron chi connectivity index (χ3n) is 2.38. The van der Waals surface area contributed by atoms with E-state index in [1.54, 1.807) is 13.4 Å². The average molecular weight is 205 g/mol. The molecule has 0 aliphatic heterocycles. The Balaban J connectivity index is 2.69. The summed E-state index contributed by atoms with van der Waals surface area (Å²) in [4.78, 5) is 8.43. The Morgan fingerprint density at radius 2 is 2.13 bits per heavy atom. The molecule has 0 bridgehead atoms. The topological polar surface area (TPSA) is 60.0 Å². The van der Waals surface area contributed by atoms with Crippen molar-refractivity contribution in [3.63, 3.8) is 0 Å². The lowest BCUT2D eigenvalue weighted by molar-refractivity contribution is 0.617. The standard InChI is InChI=1S/C10H15N5/c1-7(2)15-5-4-8-9(14(3)11)12-6-13-10(8)15/h4-7H,11H2,1-3H3. The second-order valence-electron chi connectivity index (χ2n) is 3.86. The molecule has 15 heavy (non-hydrogen) atoms. The van der Waals surface area contributed by atoms with Gasteiger partial charge in [-0.05, 0) is 19.9 Å². The molecule has 2 N–H and O–H groups in total. The molecule has 2 heterocycles. The number of fused-ring (bicyclic) bond motifs is 1. The second kappa shape index (κ2) is 3.51. The van der Waals surface area contributed by atoms with Gasteiger partial charge in [0.25, 0.3) is 0 Å².